The highest BCUT2D eigenvalue weighted by Crippen LogP contribution is 2.22. The Balaban J connectivity index is 3.18. The van der Waals surface area contributed by atoms with Gasteiger partial charge >= 0.3 is 0 Å². The Bertz CT molecular complexity index is 522. The van der Waals surface area contributed by atoms with Crippen molar-refractivity contribution < 1.29 is 8.42 Å². The molecule has 0 atom stereocenters. The molecule has 0 radical (unpaired) electrons. The van der Waals surface area contributed by atoms with Crippen LogP contribution in [0.2, 0.25) is 0 Å². The van der Waals surface area contributed by atoms with Gasteiger partial charge in [-0.05, 0) is 30.9 Å². The zero-order chi connectivity index (χ0) is 16.0. The molecule has 0 unspecified atom stereocenters. The molecule has 0 aliphatic heterocycles. The lowest BCUT2D eigenvalue weighted by molar-refractivity contribution is 0.277. The molecule has 1 aromatic rings. The SMILES string of the molecule is CCC(CC)N(CC(C)C)S(=O)(=O)c1ccc(CN)nc1. The second-order valence-corrected chi connectivity index (χ2v) is 7.52. The second kappa shape index (κ2) is 7.87. The Morgan fingerprint density at radius 2 is 1.86 bits per heavy atom. The highest BCUT2D eigenvalue weighted by atomic mass is 32.2. The summed E-state index contributed by atoms with van der Waals surface area (Å²) in [6.45, 7) is 8.93. The smallest absolute Gasteiger partial charge is 0.244 e. The zero-order valence-corrected chi connectivity index (χ0v) is 14.2. The van der Waals surface area contributed by atoms with Crippen LogP contribution < -0.4 is 5.73 Å². The van der Waals surface area contributed by atoms with Gasteiger partial charge in [0.1, 0.15) is 4.90 Å². The normalized spacial score (nSPS) is 12.6. The lowest BCUT2D eigenvalue weighted by atomic mass is 10.1. The van der Waals surface area contributed by atoms with Gasteiger partial charge in [-0.15, -0.1) is 0 Å². The molecule has 120 valence electrons. The van der Waals surface area contributed by atoms with Gasteiger partial charge in [0.2, 0.25) is 10.0 Å². The number of nitrogens with two attached hydrogens (primary N) is 1. The van der Waals surface area contributed by atoms with Crippen molar-refractivity contribution in [3.05, 3.63) is 24.0 Å². The topological polar surface area (TPSA) is 76.3 Å². The van der Waals surface area contributed by atoms with Gasteiger partial charge in [-0.25, -0.2) is 8.42 Å². The van der Waals surface area contributed by atoms with Crippen LogP contribution in [0.15, 0.2) is 23.2 Å². The fourth-order valence-corrected chi connectivity index (χ4v) is 4.20. The molecule has 5 nitrogen and oxygen atoms in total. The van der Waals surface area contributed by atoms with Crippen LogP contribution in [-0.2, 0) is 16.6 Å². The van der Waals surface area contributed by atoms with Crippen LogP contribution in [0.4, 0.5) is 0 Å². The molecular formula is C15H27N3O2S. The first-order chi connectivity index (χ1) is 9.86. The summed E-state index contributed by atoms with van der Waals surface area (Å²) < 4.78 is 27.4. The van der Waals surface area contributed by atoms with Crippen molar-refractivity contribution in [2.45, 2.75) is 58.0 Å². The Hall–Kier alpha value is -0.980. The molecule has 0 aliphatic rings. The van der Waals surface area contributed by atoms with Crippen molar-refractivity contribution in [2.75, 3.05) is 6.54 Å². The Morgan fingerprint density at radius 1 is 1.24 bits per heavy atom. The van der Waals surface area contributed by atoms with E-state index in [4.69, 9.17) is 5.73 Å². The van der Waals surface area contributed by atoms with E-state index in [1.54, 1.807) is 16.4 Å². The van der Waals surface area contributed by atoms with E-state index in [9.17, 15) is 8.42 Å². The molecule has 0 aromatic carbocycles. The number of pyridine rings is 1. The van der Waals surface area contributed by atoms with Crippen LogP contribution in [0.5, 0.6) is 0 Å². The Kier molecular flexibility index (Phi) is 6.77. The van der Waals surface area contributed by atoms with Gasteiger partial charge in [-0.1, -0.05) is 27.7 Å². The Morgan fingerprint density at radius 3 is 2.24 bits per heavy atom. The third-order valence-electron chi connectivity index (χ3n) is 3.51. The van der Waals surface area contributed by atoms with E-state index in [-0.39, 0.29) is 16.9 Å². The second-order valence-electron chi connectivity index (χ2n) is 5.63. The third-order valence-corrected chi connectivity index (χ3v) is 5.41. The fraction of sp³-hybridized carbons (Fsp3) is 0.667. The van der Waals surface area contributed by atoms with Crippen molar-refractivity contribution >= 4 is 10.0 Å². The third kappa shape index (κ3) is 4.49. The first-order valence-corrected chi connectivity index (χ1v) is 8.97. The minimum absolute atomic E-state index is 0.0200. The molecule has 2 N–H and O–H groups in total. The summed E-state index contributed by atoms with van der Waals surface area (Å²) >= 11 is 0. The predicted octanol–water partition coefficient (Wildman–Crippen LogP) is 2.38. The molecule has 0 fully saturated rings. The number of aromatic nitrogens is 1. The van der Waals surface area contributed by atoms with Gasteiger partial charge in [0.25, 0.3) is 0 Å². The number of hydrogen-bond acceptors (Lipinski definition) is 4. The van der Waals surface area contributed by atoms with Crippen molar-refractivity contribution in [3.63, 3.8) is 0 Å². The van der Waals surface area contributed by atoms with E-state index in [0.29, 0.717) is 18.8 Å². The van der Waals surface area contributed by atoms with Gasteiger partial charge in [-0.2, -0.15) is 4.31 Å². The van der Waals surface area contributed by atoms with Crippen LogP contribution in [0.1, 0.15) is 46.2 Å². The number of nitrogens with zero attached hydrogens (tertiary/aromatic N) is 2. The first-order valence-electron chi connectivity index (χ1n) is 7.53. The highest BCUT2D eigenvalue weighted by molar-refractivity contribution is 7.89. The van der Waals surface area contributed by atoms with Crippen LogP contribution in [0, 0.1) is 5.92 Å². The van der Waals surface area contributed by atoms with Crippen LogP contribution in [0.25, 0.3) is 0 Å². The van der Waals surface area contributed by atoms with E-state index in [0.717, 1.165) is 12.8 Å². The highest BCUT2D eigenvalue weighted by Gasteiger charge is 2.30. The lowest BCUT2D eigenvalue weighted by Gasteiger charge is -2.31. The fourth-order valence-electron chi connectivity index (χ4n) is 2.32. The summed E-state index contributed by atoms with van der Waals surface area (Å²) in [5.74, 6) is 0.275. The van der Waals surface area contributed by atoms with Gasteiger partial charge in [0, 0.05) is 25.3 Å². The minimum Gasteiger partial charge on any atom is -0.325 e. The maximum atomic E-state index is 12.9. The van der Waals surface area contributed by atoms with Crippen LogP contribution in [0.3, 0.4) is 0 Å². The predicted molar refractivity (Wildman–Crippen MR) is 85.2 cm³/mol. The van der Waals surface area contributed by atoms with E-state index >= 15 is 0 Å². The Labute approximate surface area is 128 Å². The van der Waals surface area contributed by atoms with Crippen molar-refractivity contribution in [1.82, 2.24) is 9.29 Å². The van der Waals surface area contributed by atoms with Gasteiger partial charge in [-0.3, -0.25) is 4.98 Å². The number of hydrogen-bond donors (Lipinski definition) is 1. The maximum Gasteiger partial charge on any atom is 0.244 e. The summed E-state index contributed by atoms with van der Waals surface area (Å²) in [7, 11) is -3.51. The molecule has 6 heteroatoms. The maximum absolute atomic E-state index is 12.9. The molecule has 0 aliphatic carbocycles. The summed E-state index contributed by atoms with van der Waals surface area (Å²) in [4.78, 5) is 4.35. The molecule has 0 saturated heterocycles. The summed E-state index contributed by atoms with van der Waals surface area (Å²) in [6.07, 6.45) is 3.01. The van der Waals surface area contributed by atoms with Gasteiger partial charge < -0.3 is 5.73 Å². The number of rotatable bonds is 8. The average molecular weight is 313 g/mol. The summed E-state index contributed by atoms with van der Waals surface area (Å²) in [6, 6.07) is 3.29. The molecule has 21 heavy (non-hydrogen) atoms. The molecule has 1 aromatic heterocycles. The van der Waals surface area contributed by atoms with E-state index < -0.39 is 10.0 Å². The molecular weight excluding hydrogens is 286 g/mol. The molecule has 1 rings (SSSR count). The molecule has 0 amide bonds. The van der Waals surface area contributed by atoms with E-state index in [1.807, 2.05) is 27.7 Å². The molecule has 0 saturated carbocycles. The standard InChI is InChI=1S/C15H27N3O2S/c1-5-14(6-2)18(11-12(3)4)21(19,20)15-8-7-13(9-16)17-10-15/h7-8,10,12,14H,5-6,9,11,16H2,1-4H3. The average Bonchev–Trinajstić information content (AvgIpc) is 2.47. The number of sulfonamides is 1. The molecule has 1 heterocycles. The lowest BCUT2D eigenvalue weighted by Crippen LogP contribution is -2.42. The molecule has 0 spiro atoms. The first kappa shape index (κ1) is 18.1. The van der Waals surface area contributed by atoms with Crippen molar-refractivity contribution in [2.24, 2.45) is 11.7 Å². The monoisotopic (exact) mass is 313 g/mol. The zero-order valence-electron chi connectivity index (χ0n) is 13.4. The van der Waals surface area contributed by atoms with E-state index in [1.165, 1.54) is 6.20 Å². The largest absolute Gasteiger partial charge is 0.325 e. The van der Waals surface area contributed by atoms with Gasteiger partial charge in [0.15, 0.2) is 0 Å². The molecule has 0 bridgehead atoms. The quantitative estimate of drug-likeness (QED) is 0.799. The van der Waals surface area contributed by atoms with Crippen LogP contribution >= 0.6 is 0 Å². The van der Waals surface area contributed by atoms with Gasteiger partial charge in [0.05, 0.1) is 5.69 Å². The summed E-state index contributed by atoms with van der Waals surface area (Å²) in [5, 5.41) is 0. The summed E-state index contributed by atoms with van der Waals surface area (Å²) in [5.41, 5.74) is 6.19. The van der Waals surface area contributed by atoms with Crippen molar-refractivity contribution in [1.29, 1.82) is 0 Å². The minimum atomic E-state index is -3.51. The van der Waals surface area contributed by atoms with Crippen molar-refractivity contribution in [3.8, 4) is 0 Å². The van der Waals surface area contributed by atoms with Crippen LogP contribution in [-0.4, -0.2) is 30.3 Å². The van der Waals surface area contributed by atoms with E-state index in [2.05, 4.69) is 4.98 Å².